The molecule has 7 nitrogen and oxygen atoms in total. The van der Waals surface area contributed by atoms with Crippen molar-refractivity contribution in [3.05, 3.63) is 22.4 Å². The van der Waals surface area contributed by atoms with E-state index < -0.39 is 24.6 Å². The number of rotatable bonds is 16. The lowest BCUT2D eigenvalue weighted by Crippen LogP contribution is -2.44. The maximum absolute atomic E-state index is 12.8. The normalized spacial score (nSPS) is 13.8. The largest absolute Gasteiger partial charge is 0.463 e. The van der Waals surface area contributed by atoms with E-state index in [9.17, 15) is 14.4 Å². The Morgan fingerprint density at radius 2 is 1.97 bits per heavy atom. The molecule has 0 aliphatic carbocycles. The van der Waals surface area contributed by atoms with Crippen molar-refractivity contribution in [3.63, 3.8) is 0 Å². The van der Waals surface area contributed by atoms with Crippen molar-refractivity contribution in [1.82, 2.24) is 5.32 Å². The molecule has 1 amide bonds. The van der Waals surface area contributed by atoms with Crippen LogP contribution < -0.4 is 11.1 Å². The smallest absolute Gasteiger partial charge is 0.344 e. The van der Waals surface area contributed by atoms with Crippen LogP contribution in [0.15, 0.2) is 16.8 Å². The lowest BCUT2D eigenvalue weighted by molar-refractivity contribution is -0.159. The van der Waals surface area contributed by atoms with Gasteiger partial charge in [-0.25, -0.2) is 9.59 Å². The monoisotopic (exact) mass is 508 g/mol. The molecule has 0 bridgehead atoms. The van der Waals surface area contributed by atoms with Crippen LogP contribution in [0.5, 0.6) is 0 Å². The summed E-state index contributed by atoms with van der Waals surface area (Å²) in [4.78, 5) is 36.2. The Balaban J connectivity index is 2.53. The van der Waals surface area contributed by atoms with Gasteiger partial charge in [-0.3, -0.25) is 4.79 Å². The third kappa shape index (κ3) is 12.7. The van der Waals surface area contributed by atoms with Gasteiger partial charge in [0, 0.05) is 17.5 Å². The Labute approximate surface area is 200 Å². The molecular formula is C20H32N2O5S4. The van der Waals surface area contributed by atoms with Crippen LogP contribution in [-0.4, -0.2) is 66.7 Å². The number of nitrogens with one attached hydrogen (secondary N) is 1. The minimum Gasteiger partial charge on any atom is -0.463 e. The van der Waals surface area contributed by atoms with E-state index in [2.05, 4.69) is 11.6 Å². The van der Waals surface area contributed by atoms with Gasteiger partial charge in [-0.05, 0) is 61.1 Å². The van der Waals surface area contributed by atoms with Gasteiger partial charge in [-0.2, -0.15) is 23.1 Å². The van der Waals surface area contributed by atoms with Gasteiger partial charge in [0.2, 0.25) is 5.91 Å². The zero-order chi connectivity index (χ0) is 23.1. The first-order chi connectivity index (χ1) is 14.9. The van der Waals surface area contributed by atoms with Crippen molar-refractivity contribution in [1.29, 1.82) is 0 Å². The average molecular weight is 509 g/mol. The number of amides is 1. The Bertz CT molecular complexity index is 660. The summed E-state index contributed by atoms with van der Waals surface area (Å²) in [5.74, 6) is 0.674. The number of esters is 2. The number of ether oxygens (including phenoxy) is 2. The third-order valence-corrected chi connectivity index (χ3v) is 8.07. The van der Waals surface area contributed by atoms with Crippen LogP contribution in [-0.2, 0) is 30.3 Å². The summed E-state index contributed by atoms with van der Waals surface area (Å²) in [6.07, 6.45) is 3.63. The Kier molecular flexibility index (Phi) is 15.2. The fourth-order valence-electron chi connectivity index (χ4n) is 2.39. The summed E-state index contributed by atoms with van der Waals surface area (Å²) in [5.41, 5.74) is 7.19. The second-order valence-corrected chi connectivity index (χ2v) is 11.1. The molecule has 0 fully saturated rings. The molecule has 0 spiro atoms. The van der Waals surface area contributed by atoms with Crippen molar-refractivity contribution in [2.75, 3.05) is 36.7 Å². The molecule has 11 heteroatoms. The number of hydrogen-bond acceptors (Lipinski definition) is 10. The topological polar surface area (TPSA) is 108 Å². The number of carbonyl (C=O) groups excluding carboxylic acids is 3. The standard InChI is InChI=1S/C20H32N2O5S4/c1-4-26-18(23)10-27-20(25)14(2)22-19(24)16(9-15-5-8-29-11-15)12-30-31-13-17(21)6-7-28-3/h5,8,11,14,16-17H,4,6-7,9-10,12-13,21H2,1-3H3,(H,22,24). The molecule has 1 heterocycles. The van der Waals surface area contributed by atoms with Crippen LogP contribution >= 0.6 is 44.7 Å². The molecule has 3 N–H and O–H groups in total. The minimum atomic E-state index is -0.857. The molecule has 0 saturated carbocycles. The fraction of sp³-hybridized carbons (Fsp3) is 0.650. The van der Waals surface area contributed by atoms with Crippen molar-refractivity contribution in [3.8, 4) is 0 Å². The van der Waals surface area contributed by atoms with Crippen molar-refractivity contribution < 1.29 is 23.9 Å². The summed E-state index contributed by atoms with van der Waals surface area (Å²) in [5, 5.41) is 6.71. The second kappa shape index (κ2) is 16.7. The molecule has 176 valence electrons. The number of hydrogen-bond donors (Lipinski definition) is 2. The molecule has 1 rings (SSSR count). The lowest BCUT2D eigenvalue weighted by atomic mass is 10.0. The van der Waals surface area contributed by atoms with Crippen LogP contribution in [0.3, 0.4) is 0 Å². The van der Waals surface area contributed by atoms with E-state index in [1.54, 1.807) is 58.5 Å². The van der Waals surface area contributed by atoms with Crippen LogP contribution in [0.2, 0.25) is 0 Å². The van der Waals surface area contributed by atoms with Crippen molar-refractivity contribution in [2.24, 2.45) is 11.7 Å². The van der Waals surface area contributed by atoms with Crippen LogP contribution in [0.25, 0.3) is 0 Å². The molecule has 0 saturated heterocycles. The number of thioether (sulfide) groups is 1. The van der Waals surface area contributed by atoms with Crippen molar-refractivity contribution in [2.45, 2.75) is 38.8 Å². The first-order valence-electron chi connectivity index (χ1n) is 9.99. The highest BCUT2D eigenvalue weighted by Crippen LogP contribution is 2.27. The van der Waals surface area contributed by atoms with Gasteiger partial charge < -0.3 is 20.5 Å². The fourth-order valence-corrected chi connectivity index (χ4v) is 6.17. The van der Waals surface area contributed by atoms with Gasteiger partial charge in [0.05, 0.1) is 12.5 Å². The summed E-state index contributed by atoms with van der Waals surface area (Å²) in [7, 11) is 3.30. The lowest BCUT2D eigenvalue weighted by Gasteiger charge is -2.19. The van der Waals surface area contributed by atoms with Gasteiger partial charge in [0.25, 0.3) is 0 Å². The minimum absolute atomic E-state index is 0.142. The van der Waals surface area contributed by atoms with Gasteiger partial charge in [-0.15, -0.1) is 0 Å². The SMILES string of the molecule is CCOC(=O)COC(=O)C(C)NC(=O)C(CSSCC(N)CCSC)Cc1ccsc1. The van der Waals surface area contributed by atoms with Crippen LogP contribution in [0.1, 0.15) is 25.8 Å². The number of thiophene rings is 1. The van der Waals surface area contributed by atoms with E-state index in [1.165, 1.54) is 0 Å². The van der Waals surface area contributed by atoms with Gasteiger partial charge in [0.15, 0.2) is 6.61 Å². The zero-order valence-corrected chi connectivity index (χ0v) is 21.4. The zero-order valence-electron chi connectivity index (χ0n) is 18.2. The first kappa shape index (κ1) is 28.2. The molecule has 3 unspecified atom stereocenters. The maximum Gasteiger partial charge on any atom is 0.344 e. The quantitative estimate of drug-likeness (QED) is 0.198. The van der Waals surface area contributed by atoms with E-state index in [4.69, 9.17) is 15.2 Å². The predicted molar refractivity (Wildman–Crippen MR) is 133 cm³/mol. The number of nitrogens with two attached hydrogens (primary N) is 1. The number of carbonyl (C=O) groups is 3. The molecular weight excluding hydrogens is 476 g/mol. The van der Waals surface area contributed by atoms with E-state index in [-0.39, 0.29) is 24.5 Å². The Morgan fingerprint density at radius 3 is 2.61 bits per heavy atom. The van der Waals surface area contributed by atoms with Gasteiger partial charge in [-0.1, -0.05) is 21.6 Å². The predicted octanol–water partition coefficient (Wildman–Crippen LogP) is 2.98. The van der Waals surface area contributed by atoms with E-state index in [0.29, 0.717) is 12.2 Å². The highest BCUT2D eigenvalue weighted by atomic mass is 33.1. The molecule has 3 atom stereocenters. The van der Waals surface area contributed by atoms with Crippen molar-refractivity contribution >= 4 is 62.5 Å². The van der Waals surface area contributed by atoms with Gasteiger partial charge in [0.1, 0.15) is 6.04 Å². The summed E-state index contributed by atoms with van der Waals surface area (Å²) in [6.45, 7) is 2.96. The van der Waals surface area contributed by atoms with Crippen LogP contribution in [0.4, 0.5) is 0 Å². The molecule has 31 heavy (non-hydrogen) atoms. The third-order valence-electron chi connectivity index (χ3n) is 4.11. The van der Waals surface area contributed by atoms with Crippen LogP contribution in [0, 0.1) is 5.92 Å². The van der Waals surface area contributed by atoms with E-state index >= 15 is 0 Å². The Morgan fingerprint density at radius 1 is 1.23 bits per heavy atom. The first-order valence-corrected chi connectivity index (χ1v) is 14.8. The van der Waals surface area contributed by atoms with E-state index in [1.807, 2.05) is 16.8 Å². The average Bonchev–Trinajstić information content (AvgIpc) is 3.25. The van der Waals surface area contributed by atoms with Gasteiger partial charge >= 0.3 is 11.9 Å². The molecule has 0 radical (unpaired) electrons. The maximum atomic E-state index is 12.8. The van der Waals surface area contributed by atoms with E-state index in [0.717, 1.165) is 23.5 Å². The Hall–Kier alpha value is -0.880. The summed E-state index contributed by atoms with van der Waals surface area (Å²) < 4.78 is 9.64. The molecule has 1 aromatic rings. The molecule has 1 aromatic heterocycles. The summed E-state index contributed by atoms with van der Waals surface area (Å²) in [6, 6.07) is 1.28. The highest BCUT2D eigenvalue weighted by Gasteiger charge is 2.25. The molecule has 0 aromatic carbocycles. The molecule has 0 aliphatic heterocycles. The summed E-state index contributed by atoms with van der Waals surface area (Å²) >= 11 is 3.37. The second-order valence-electron chi connectivity index (χ2n) is 6.79. The molecule has 0 aliphatic rings. The highest BCUT2D eigenvalue weighted by molar-refractivity contribution is 8.76.